The molecule has 2 saturated heterocycles. The van der Waals surface area contributed by atoms with Gasteiger partial charge in [-0.05, 0) is 57.9 Å². The summed E-state index contributed by atoms with van der Waals surface area (Å²) in [5.74, 6) is 0.0429. The molecule has 0 saturated carbocycles. The van der Waals surface area contributed by atoms with E-state index in [2.05, 4.69) is 5.32 Å². The minimum absolute atomic E-state index is 0.0429. The Hall–Kier alpha value is -1.79. The number of ether oxygens (including phenoxy) is 2. The summed E-state index contributed by atoms with van der Waals surface area (Å²) in [5, 5.41) is 3.13. The van der Waals surface area contributed by atoms with E-state index in [9.17, 15) is 4.79 Å². The van der Waals surface area contributed by atoms with Crippen LogP contribution in [0.15, 0.2) is 18.2 Å². The highest BCUT2D eigenvalue weighted by Crippen LogP contribution is 2.34. The molecule has 2 aliphatic heterocycles. The zero-order chi connectivity index (χ0) is 29.3. The van der Waals surface area contributed by atoms with Crippen molar-refractivity contribution in [1.82, 2.24) is 15.1 Å². The Morgan fingerprint density at radius 3 is 2.70 bits per heavy atom. The molecule has 6 nitrogen and oxygen atoms in total. The van der Waals surface area contributed by atoms with E-state index >= 15 is 0 Å². The number of nitrogens with one attached hydrogen (secondary N) is 1. The van der Waals surface area contributed by atoms with Gasteiger partial charge in [0.25, 0.3) is 0 Å². The molecule has 150 valence electrons. The highest BCUT2D eigenvalue weighted by Gasteiger charge is 2.36. The van der Waals surface area contributed by atoms with Crippen molar-refractivity contribution in [2.24, 2.45) is 0 Å². The molecule has 2 atom stereocenters. The Morgan fingerprint density at radius 1 is 1.30 bits per heavy atom. The van der Waals surface area contributed by atoms with E-state index in [1.165, 1.54) is 32.9 Å². The van der Waals surface area contributed by atoms with E-state index < -0.39 is 56.8 Å². The van der Waals surface area contributed by atoms with Crippen molar-refractivity contribution in [3.8, 4) is 5.75 Å². The number of nitrogens with zero attached hydrogens (tertiary/aromatic N) is 2. The largest absolute Gasteiger partial charge is 0.496 e. The van der Waals surface area contributed by atoms with E-state index in [1.54, 1.807) is 13.0 Å². The van der Waals surface area contributed by atoms with Crippen LogP contribution in [0.2, 0.25) is 0 Å². The first-order valence-electron chi connectivity index (χ1n) is 14.3. The fourth-order valence-corrected chi connectivity index (χ4v) is 3.19. The van der Waals surface area contributed by atoms with E-state index in [0.717, 1.165) is 0 Å². The van der Waals surface area contributed by atoms with Crippen molar-refractivity contribution in [3.05, 3.63) is 29.3 Å². The fourth-order valence-electron chi connectivity index (χ4n) is 3.19. The van der Waals surface area contributed by atoms with Gasteiger partial charge in [0.1, 0.15) is 11.4 Å². The minimum Gasteiger partial charge on any atom is -0.496 e. The quantitative estimate of drug-likeness (QED) is 0.866. The highest BCUT2D eigenvalue weighted by molar-refractivity contribution is 5.68. The van der Waals surface area contributed by atoms with Gasteiger partial charge in [0, 0.05) is 43.6 Å². The number of carbonyl (C=O) groups is 1. The van der Waals surface area contributed by atoms with Gasteiger partial charge in [0.2, 0.25) is 0 Å². The van der Waals surface area contributed by atoms with Gasteiger partial charge in [-0.1, -0.05) is 12.1 Å². The van der Waals surface area contributed by atoms with Gasteiger partial charge >= 0.3 is 6.09 Å². The standard InChI is InChI=1S/C21H33N3O3/c1-15-16(7-6-8-18(15)26-5)19-17(9-10-22-19)23-11-13-24(14-12-23)20(25)27-21(2,3)4/h6-8,17,19,22H,9-14H2,1-5H3/t17-,19-/m1/s1/i5D3,11D2,12D2,13D2,14D2. The second-order valence-corrected chi connectivity index (χ2v) is 7.49. The molecule has 1 N–H and O–H groups in total. The number of methoxy groups -OCH3 is 1. The Kier molecular flexibility index (Phi) is 3.02. The second kappa shape index (κ2) is 8.07. The van der Waals surface area contributed by atoms with Gasteiger partial charge in [-0.2, -0.15) is 0 Å². The first kappa shape index (κ1) is 10.1. The summed E-state index contributed by atoms with van der Waals surface area (Å²) in [5.41, 5.74) is -0.330. The smallest absolute Gasteiger partial charge is 0.410 e. The van der Waals surface area contributed by atoms with E-state index in [4.69, 9.17) is 24.6 Å². The van der Waals surface area contributed by atoms with Gasteiger partial charge < -0.3 is 19.7 Å². The van der Waals surface area contributed by atoms with Crippen LogP contribution in [0.5, 0.6) is 5.75 Å². The number of carbonyl (C=O) groups excluding carboxylic acids is 1. The molecule has 1 amide bonds. The molecule has 0 aliphatic carbocycles. The minimum atomic E-state index is -3.36. The number of hydrogen-bond donors (Lipinski definition) is 1. The zero-order valence-corrected chi connectivity index (χ0v) is 15.9. The molecule has 2 aliphatic rings. The lowest BCUT2D eigenvalue weighted by atomic mass is 9.94. The number of benzene rings is 1. The van der Waals surface area contributed by atoms with Crippen LogP contribution in [0.25, 0.3) is 0 Å². The molecule has 0 unspecified atom stereocenters. The van der Waals surface area contributed by atoms with Crippen LogP contribution in [0, 0.1) is 6.92 Å². The third kappa shape index (κ3) is 4.55. The SMILES string of the molecule is [2H]C([2H])([2H])Oc1cccc([C@H]2NCC[C@H]2N2C([2H])([2H])C([2H])([2H])N(C(=O)OC(C)(C)C)C([2H])([2H])C2([2H])[2H])c1C. The predicted molar refractivity (Wildman–Crippen MR) is 106 cm³/mol. The van der Waals surface area contributed by atoms with Gasteiger partial charge in [-0.3, -0.25) is 4.90 Å². The van der Waals surface area contributed by atoms with Crippen molar-refractivity contribution in [2.75, 3.05) is 39.6 Å². The van der Waals surface area contributed by atoms with Crippen LogP contribution < -0.4 is 10.1 Å². The van der Waals surface area contributed by atoms with Gasteiger partial charge in [0.05, 0.1) is 16.6 Å². The first-order chi connectivity index (χ1) is 17.0. The van der Waals surface area contributed by atoms with Crippen LogP contribution in [0.1, 0.15) is 59.4 Å². The summed E-state index contributed by atoms with van der Waals surface area (Å²) in [6.45, 7) is -6.93. The molecule has 0 radical (unpaired) electrons. The van der Waals surface area contributed by atoms with Crippen LogP contribution in [-0.2, 0) is 4.74 Å². The monoisotopic (exact) mass is 386 g/mol. The lowest BCUT2D eigenvalue weighted by molar-refractivity contribution is 0.00964. The van der Waals surface area contributed by atoms with Gasteiger partial charge in [0.15, 0.2) is 0 Å². The molecule has 1 aromatic carbocycles. The Morgan fingerprint density at radius 2 is 2.04 bits per heavy atom. The number of piperazine rings is 1. The molecule has 1 aromatic rings. The third-order valence-corrected chi connectivity index (χ3v) is 4.43. The van der Waals surface area contributed by atoms with Crippen LogP contribution in [0.4, 0.5) is 4.79 Å². The normalized spacial score (nSPS) is 38.1. The summed E-state index contributed by atoms with van der Waals surface area (Å²) < 4.78 is 102. The number of amides is 1. The molecule has 0 bridgehead atoms. The van der Waals surface area contributed by atoms with Crippen molar-refractivity contribution < 1.29 is 29.3 Å². The highest BCUT2D eigenvalue weighted by atomic mass is 16.6. The molecule has 3 rings (SSSR count). The molecule has 2 fully saturated rings. The van der Waals surface area contributed by atoms with Crippen molar-refractivity contribution in [3.63, 3.8) is 0 Å². The lowest BCUT2D eigenvalue weighted by Crippen LogP contribution is -2.53. The Labute approximate surface area is 178 Å². The number of rotatable bonds is 3. The third-order valence-electron chi connectivity index (χ3n) is 4.43. The first-order valence-corrected chi connectivity index (χ1v) is 8.81. The summed E-state index contributed by atoms with van der Waals surface area (Å²) in [4.78, 5) is 13.3. The molecular weight excluding hydrogens is 342 g/mol. The lowest BCUT2D eigenvalue weighted by Gasteiger charge is -2.40. The van der Waals surface area contributed by atoms with Crippen LogP contribution in [-0.4, -0.2) is 67.1 Å². The van der Waals surface area contributed by atoms with Crippen molar-refractivity contribution in [2.45, 2.75) is 51.8 Å². The second-order valence-electron chi connectivity index (χ2n) is 7.49. The summed E-state index contributed by atoms with van der Waals surface area (Å²) in [6.07, 6.45) is -1.43. The van der Waals surface area contributed by atoms with Crippen LogP contribution in [0.3, 0.4) is 0 Å². The van der Waals surface area contributed by atoms with E-state index in [-0.39, 0.29) is 23.6 Å². The van der Waals surface area contributed by atoms with E-state index in [0.29, 0.717) is 16.0 Å². The van der Waals surface area contributed by atoms with Gasteiger partial charge in [-0.15, -0.1) is 0 Å². The molecule has 2 heterocycles. The average Bonchev–Trinajstić information content (AvgIpc) is 3.14. The molecule has 0 aromatic heterocycles. The Bertz CT molecular complexity index is 1040. The van der Waals surface area contributed by atoms with Crippen LogP contribution >= 0.6 is 0 Å². The maximum atomic E-state index is 12.9. The van der Waals surface area contributed by atoms with E-state index in [1.807, 2.05) is 0 Å². The average molecular weight is 387 g/mol. The summed E-state index contributed by atoms with van der Waals surface area (Å²) >= 11 is 0. The summed E-state index contributed by atoms with van der Waals surface area (Å²) in [7, 11) is -2.73. The predicted octanol–water partition coefficient (Wildman–Crippen LogP) is 2.96. The van der Waals surface area contributed by atoms with Crippen molar-refractivity contribution >= 4 is 6.09 Å². The van der Waals surface area contributed by atoms with Crippen molar-refractivity contribution in [1.29, 1.82) is 0 Å². The maximum absolute atomic E-state index is 12.9. The Balaban J connectivity index is 2.12. The molecule has 27 heavy (non-hydrogen) atoms. The topological polar surface area (TPSA) is 54.0 Å². The summed E-state index contributed by atoms with van der Waals surface area (Å²) in [6, 6.07) is 2.63. The number of hydrogen-bond acceptors (Lipinski definition) is 5. The maximum Gasteiger partial charge on any atom is 0.410 e. The molecule has 0 spiro atoms. The zero-order valence-electron chi connectivity index (χ0n) is 26.9. The fraction of sp³-hybridized carbons (Fsp3) is 0.667. The molecular formula is C21H33N3O3. The molecule has 6 heteroatoms. The van der Waals surface area contributed by atoms with Gasteiger partial charge in [-0.25, -0.2) is 4.79 Å².